The molecule has 0 fully saturated rings. The van der Waals surface area contributed by atoms with Crippen LogP contribution in [0.5, 0.6) is 0 Å². The summed E-state index contributed by atoms with van der Waals surface area (Å²) in [5.74, 6) is 0. The van der Waals surface area contributed by atoms with E-state index in [-0.39, 0.29) is 5.41 Å². The third kappa shape index (κ3) is 6.75. The minimum atomic E-state index is -0.274. The van der Waals surface area contributed by atoms with Crippen molar-refractivity contribution in [1.29, 1.82) is 0 Å². The summed E-state index contributed by atoms with van der Waals surface area (Å²) in [5, 5.41) is 1.17. The summed E-state index contributed by atoms with van der Waals surface area (Å²) in [7, 11) is 0. The average molecular weight is 756 g/mol. The molecule has 0 saturated heterocycles. The van der Waals surface area contributed by atoms with Gasteiger partial charge in [-0.05, 0) is 121 Å². The molecular formula is C58H45N. The second-order valence-electron chi connectivity index (χ2n) is 16.2. The van der Waals surface area contributed by atoms with E-state index in [0.29, 0.717) is 0 Å². The fourth-order valence-electron chi connectivity index (χ4n) is 9.00. The highest BCUT2D eigenvalue weighted by atomic mass is 15.0. The third-order valence-electron chi connectivity index (χ3n) is 12.3. The lowest BCUT2D eigenvalue weighted by molar-refractivity contribution is 0.608. The molecule has 1 nitrogen and oxygen atoms in total. The molecule has 59 heavy (non-hydrogen) atoms. The third-order valence-corrected chi connectivity index (χ3v) is 12.3. The molecule has 2 bridgehead atoms. The van der Waals surface area contributed by atoms with Gasteiger partial charge in [-0.25, -0.2) is 0 Å². The highest BCUT2D eigenvalue weighted by Gasteiger charge is 2.33. The van der Waals surface area contributed by atoms with Crippen LogP contribution in [0.15, 0.2) is 218 Å². The summed E-state index contributed by atoms with van der Waals surface area (Å²) in [6.45, 7) is 7.08. The highest BCUT2D eigenvalue weighted by Crippen LogP contribution is 2.45. The molecular weight excluding hydrogens is 711 g/mol. The lowest BCUT2D eigenvalue weighted by Gasteiger charge is -2.36. The van der Waals surface area contributed by atoms with Crippen LogP contribution in [0.2, 0.25) is 0 Å². The standard InChI is InChI=1S/C58H45N/c1-40-54-38-51(48-27-21-45(22-28-48)42-15-9-5-10-16-42)31-32-53-37-50(47-25-19-44(20-26-47)41-13-7-4-8-14-41)33-35-56(53)59(40)57-36-34-52(39-55(57)58(54,2)3)49-29-23-46(24-30-49)43-17-11-6-12-18-43/h4-39H,1-3H3. The molecule has 0 radical (unpaired) electrons. The summed E-state index contributed by atoms with van der Waals surface area (Å²) in [6, 6.07) is 80.0. The van der Waals surface area contributed by atoms with E-state index in [0.717, 1.165) is 0 Å². The lowest BCUT2D eigenvalue weighted by atomic mass is 9.73. The second kappa shape index (κ2) is 14.9. The van der Waals surface area contributed by atoms with Gasteiger partial charge in [-0.15, -0.1) is 0 Å². The Labute approximate surface area is 347 Å². The molecule has 1 aliphatic rings. The van der Waals surface area contributed by atoms with Gasteiger partial charge in [0, 0.05) is 16.8 Å². The van der Waals surface area contributed by atoms with Gasteiger partial charge in [0.2, 0.25) is 0 Å². The molecule has 0 saturated carbocycles. The fraction of sp³-hybridized carbons (Fsp3) is 0.0690. The topological polar surface area (TPSA) is 4.93 Å². The Bertz CT molecular complexity index is 3010. The Hall–Kier alpha value is -7.22. The summed E-state index contributed by atoms with van der Waals surface area (Å²) < 4.78 is 2.50. The largest absolute Gasteiger partial charge is 0.313 e. The van der Waals surface area contributed by atoms with Gasteiger partial charge in [0.25, 0.3) is 0 Å². The van der Waals surface area contributed by atoms with Crippen LogP contribution in [0.1, 0.15) is 30.7 Å². The van der Waals surface area contributed by atoms with Crippen molar-refractivity contribution >= 4 is 10.9 Å². The van der Waals surface area contributed by atoms with Gasteiger partial charge in [0.05, 0.1) is 5.52 Å². The molecule has 1 aliphatic heterocycles. The van der Waals surface area contributed by atoms with E-state index < -0.39 is 0 Å². The Morgan fingerprint density at radius 3 is 1.07 bits per heavy atom. The fourth-order valence-corrected chi connectivity index (χ4v) is 9.00. The Morgan fingerprint density at radius 2 is 0.627 bits per heavy atom. The Balaban J connectivity index is 1.15. The van der Waals surface area contributed by atoms with Crippen LogP contribution in [0.25, 0.3) is 83.4 Å². The van der Waals surface area contributed by atoms with Crippen LogP contribution in [-0.2, 0) is 5.41 Å². The summed E-state index contributed by atoms with van der Waals surface area (Å²) >= 11 is 0. The minimum Gasteiger partial charge on any atom is -0.313 e. The van der Waals surface area contributed by atoms with Crippen LogP contribution < -0.4 is 0 Å². The first-order chi connectivity index (χ1) is 28.9. The zero-order valence-electron chi connectivity index (χ0n) is 33.7. The van der Waals surface area contributed by atoms with E-state index in [1.54, 1.807) is 0 Å². The summed E-state index contributed by atoms with van der Waals surface area (Å²) in [6.07, 6.45) is 0. The monoisotopic (exact) mass is 755 g/mol. The van der Waals surface area contributed by atoms with Crippen molar-refractivity contribution in [3.63, 3.8) is 0 Å². The molecule has 9 aromatic rings. The molecule has 0 unspecified atom stereocenters. The molecule has 1 aromatic heterocycles. The number of hydrogen-bond acceptors (Lipinski definition) is 0. The quantitative estimate of drug-likeness (QED) is 0.159. The molecule has 10 rings (SSSR count). The van der Waals surface area contributed by atoms with Crippen LogP contribution in [-0.4, -0.2) is 4.57 Å². The van der Waals surface area contributed by atoms with Crippen molar-refractivity contribution in [2.75, 3.05) is 0 Å². The van der Waals surface area contributed by atoms with Gasteiger partial charge in [-0.3, -0.25) is 0 Å². The average Bonchev–Trinajstić information content (AvgIpc) is 3.35. The summed E-state index contributed by atoms with van der Waals surface area (Å²) in [4.78, 5) is 0. The first-order valence-electron chi connectivity index (χ1n) is 20.6. The molecule has 0 spiro atoms. The Morgan fingerprint density at radius 1 is 0.305 bits per heavy atom. The van der Waals surface area contributed by atoms with Crippen molar-refractivity contribution in [2.24, 2.45) is 0 Å². The maximum absolute atomic E-state index is 2.50. The van der Waals surface area contributed by atoms with E-state index in [2.05, 4.69) is 244 Å². The van der Waals surface area contributed by atoms with Gasteiger partial charge in [-0.1, -0.05) is 202 Å². The van der Waals surface area contributed by atoms with Crippen molar-refractivity contribution in [3.8, 4) is 72.4 Å². The van der Waals surface area contributed by atoms with E-state index in [1.165, 1.54) is 100 Å². The van der Waals surface area contributed by atoms with Gasteiger partial charge in [-0.2, -0.15) is 0 Å². The number of aromatic nitrogens is 1. The number of fused-ring (bicyclic) bond motifs is 6. The van der Waals surface area contributed by atoms with E-state index in [4.69, 9.17) is 0 Å². The van der Waals surface area contributed by atoms with Crippen LogP contribution >= 0.6 is 0 Å². The maximum atomic E-state index is 2.50. The molecule has 1 heteroatoms. The van der Waals surface area contributed by atoms with Crippen molar-refractivity contribution in [3.05, 3.63) is 235 Å². The SMILES string of the molecule is Cc1c2cc(-c3ccc(-c4ccccc4)cc3)ccc3cc(-c4ccc(-c5ccccc5)cc4)ccc3n1-c1ccc(-c3ccc(-c4ccccc4)cc3)cc1C2(C)C. The number of hydrogen-bond donors (Lipinski definition) is 0. The van der Waals surface area contributed by atoms with Gasteiger partial charge in [0.15, 0.2) is 0 Å². The normalized spacial score (nSPS) is 12.5. The van der Waals surface area contributed by atoms with E-state index in [1.807, 2.05) is 0 Å². The van der Waals surface area contributed by atoms with Crippen molar-refractivity contribution in [2.45, 2.75) is 26.2 Å². The van der Waals surface area contributed by atoms with Gasteiger partial charge >= 0.3 is 0 Å². The summed E-state index contributed by atoms with van der Waals surface area (Å²) in [5.41, 5.74) is 20.5. The lowest BCUT2D eigenvalue weighted by Crippen LogP contribution is -2.28. The first kappa shape index (κ1) is 36.1. The predicted molar refractivity (Wildman–Crippen MR) is 250 cm³/mol. The molecule has 2 heterocycles. The van der Waals surface area contributed by atoms with Crippen molar-refractivity contribution < 1.29 is 0 Å². The van der Waals surface area contributed by atoms with Crippen molar-refractivity contribution in [1.82, 2.24) is 4.57 Å². The maximum Gasteiger partial charge on any atom is 0.0531 e. The molecule has 0 amide bonds. The smallest absolute Gasteiger partial charge is 0.0531 e. The second-order valence-corrected chi connectivity index (χ2v) is 16.2. The van der Waals surface area contributed by atoms with Crippen LogP contribution in [0.3, 0.4) is 0 Å². The zero-order valence-corrected chi connectivity index (χ0v) is 33.7. The first-order valence-corrected chi connectivity index (χ1v) is 20.6. The highest BCUT2D eigenvalue weighted by molar-refractivity contribution is 5.88. The number of rotatable bonds is 6. The molecule has 0 atom stereocenters. The number of benzene rings is 8. The van der Waals surface area contributed by atoms with E-state index in [9.17, 15) is 0 Å². The predicted octanol–water partition coefficient (Wildman–Crippen LogP) is 15.7. The minimum absolute atomic E-state index is 0.274. The Kier molecular flexibility index (Phi) is 9.15. The van der Waals surface area contributed by atoms with Gasteiger partial charge in [0.1, 0.15) is 0 Å². The molecule has 0 aliphatic carbocycles. The van der Waals surface area contributed by atoms with Crippen LogP contribution in [0, 0.1) is 6.92 Å². The van der Waals surface area contributed by atoms with Gasteiger partial charge < -0.3 is 4.57 Å². The molecule has 8 aromatic carbocycles. The molecule has 282 valence electrons. The van der Waals surface area contributed by atoms with Crippen LogP contribution in [0.4, 0.5) is 0 Å². The van der Waals surface area contributed by atoms with E-state index >= 15 is 0 Å². The number of nitrogens with zero attached hydrogens (tertiary/aromatic N) is 1. The zero-order chi connectivity index (χ0) is 39.9. The molecule has 0 N–H and O–H groups in total.